The van der Waals surface area contributed by atoms with Crippen LogP contribution in [0.15, 0.2) is 34.9 Å². The van der Waals surface area contributed by atoms with Gasteiger partial charge in [0.1, 0.15) is 5.76 Å². The average molecular weight is 330 g/mol. The smallest absolute Gasteiger partial charge is 0.234 e. The van der Waals surface area contributed by atoms with Crippen molar-refractivity contribution in [2.24, 2.45) is 0 Å². The number of hydrogen-bond acceptors (Lipinski definition) is 5. The zero-order chi connectivity index (χ0) is 17.5. The first-order valence-electron chi connectivity index (χ1n) is 7.66. The van der Waals surface area contributed by atoms with Crippen molar-refractivity contribution in [3.8, 4) is 0 Å². The molecule has 2 rings (SSSR count). The summed E-state index contributed by atoms with van der Waals surface area (Å²) in [4.78, 5) is 24.8. The third-order valence-corrected chi connectivity index (χ3v) is 3.29. The van der Waals surface area contributed by atoms with E-state index in [2.05, 4.69) is 15.8 Å². The number of likely N-dealkylation sites (N-methyl/N-ethyl adjacent to an activating group) is 1. The summed E-state index contributed by atoms with van der Waals surface area (Å²) in [5, 5.41) is 9.48. The van der Waals surface area contributed by atoms with Crippen molar-refractivity contribution < 1.29 is 14.1 Å². The van der Waals surface area contributed by atoms with E-state index in [1.54, 1.807) is 0 Å². The van der Waals surface area contributed by atoms with E-state index in [-0.39, 0.29) is 18.4 Å². The fourth-order valence-corrected chi connectivity index (χ4v) is 2.24. The van der Waals surface area contributed by atoms with Crippen molar-refractivity contribution in [3.63, 3.8) is 0 Å². The van der Waals surface area contributed by atoms with Crippen LogP contribution >= 0.6 is 0 Å². The number of carbonyl (C=O) groups excluding carboxylic acids is 2. The van der Waals surface area contributed by atoms with E-state index >= 15 is 0 Å². The number of aryl methyl sites for hydroxylation is 1. The van der Waals surface area contributed by atoms with E-state index < -0.39 is 0 Å². The second kappa shape index (κ2) is 8.26. The lowest BCUT2D eigenvalue weighted by Gasteiger charge is -2.14. The van der Waals surface area contributed by atoms with E-state index in [1.807, 2.05) is 49.2 Å². The Labute approximate surface area is 141 Å². The highest BCUT2D eigenvalue weighted by Gasteiger charge is 2.09. The number of amides is 2. The maximum absolute atomic E-state index is 12.0. The standard InChI is InChI=1S/C17H22N4O3/c1-12-8-16(20-24-12)10-21(3)11-17(23)18-9-14-4-6-15(7-5-14)19-13(2)22/h4-8H,9-11H2,1-3H3,(H,18,23)(H,19,22). The lowest BCUT2D eigenvalue weighted by molar-refractivity contribution is -0.122. The first-order chi connectivity index (χ1) is 11.4. The van der Waals surface area contributed by atoms with E-state index in [0.717, 1.165) is 22.7 Å². The van der Waals surface area contributed by atoms with Crippen LogP contribution in [0.1, 0.15) is 23.9 Å². The maximum Gasteiger partial charge on any atom is 0.234 e. The Hall–Kier alpha value is -2.67. The molecular formula is C17H22N4O3. The van der Waals surface area contributed by atoms with Crippen LogP contribution in [0.5, 0.6) is 0 Å². The zero-order valence-electron chi connectivity index (χ0n) is 14.1. The second-order valence-electron chi connectivity index (χ2n) is 5.76. The number of nitrogens with one attached hydrogen (secondary N) is 2. The number of nitrogens with zero attached hydrogens (tertiary/aromatic N) is 2. The minimum Gasteiger partial charge on any atom is -0.361 e. The molecule has 0 fully saturated rings. The molecule has 2 amide bonds. The van der Waals surface area contributed by atoms with Crippen LogP contribution in [0.25, 0.3) is 0 Å². The van der Waals surface area contributed by atoms with Gasteiger partial charge in [-0.25, -0.2) is 0 Å². The summed E-state index contributed by atoms with van der Waals surface area (Å²) in [6.07, 6.45) is 0. The van der Waals surface area contributed by atoms with Gasteiger partial charge in [0.05, 0.1) is 12.2 Å². The molecule has 0 bridgehead atoms. The number of carbonyl (C=O) groups is 2. The highest BCUT2D eigenvalue weighted by molar-refractivity contribution is 5.88. The van der Waals surface area contributed by atoms with Crippen molar-refractivity contribution >= 4 is 17.5 Å². The predicted octanol–water partition coefficient (Wildman–Crippen LogP) is 1.69. The third-order valence-electron chi connectivity index (χ3n) is 3.29. The molecular weight excluding hydrogens is 308 g/mol. The Morgan fingerprint density at radius 3 is 2.54 bits per heavy atom. The maximum atomic E-state index is 12.0. The second-order valence-corrected chi connectivity index (χ2v) is 5.76. The summed E-state index contributed by atoms with van der Waals surface area (Å²) in [6, 6.07) is 9.20. The van der Waals surface area contributed by atoms with Crippen LogP contribution < -0.4 is 10.6 Å². The topological polar surface area (TPSA) is 87.5 Å². The Balaban J connectivity index is 1.75. The molecule has 128 valence electrons. The SMILES string of the molecule is CC(=O)Nc1ccc(CNC(=O)CN(C)Cc2cc(C)on2)cc1. The summed E-state index contributed by atoms with van der Waals surface area (Å²) in [5.41, 5.74) is 2.50. The molecule has 2 aromatic rings. The molecule has 0 saturated carbocycles. The predicted molar refractivity (Wildman–Crippen MR) is 90.2 cm³/mol. The van der Waals surface area contributed by atoms with Crippen molar-refractivity contribution in [2.45, 2.75) is 26.9 Å². The van der Waals surface area contributed by atoms with Gasteiger partial charge in [-0.15, -0.1) is 0 Å². The summed E-state index contributed by atoms with van der Waals surface area (Å²) in [7, 11) is 1.85. The molecule has 0 saturated heterocycles. The molecule has 7 heteroatoms. The van der Waals surface area contributed by atoms with E-state index in [4.69, 9.17) is 4.52 Å². The van der Waals surface area contributed by atoms with Crippen LogP contribution in [0.3, 0.4) is 0 Å². The van der Waals surface area contributed by atoms with Gasteiger partial charge < -0.3 is 15.2 Å². The van der Waals surface area contributed by atoms with Gasteiger partial charge in [-0.1, -0.05) is 17.3 Å². The summed E-state index contributed by atoms with van der Waals surface area (Å²) < 4.78 is 5.01. The molecule has 0 aliphatic rings. The first-order valence-corrected chi connectivity index (χ1v) is 7.66. The molecule has 0 unspecified atom stereocenters. The van der Waals surface area contributed by atoms with Gasteiger partial charge in [-0.05, 0) is 31.7 Å². The lowest BCUT2D eigenvalue weighted by atomic mass is 10.2. The van der Waals surface area contributed by atoms with E-state index in [1.165, 1.54) is 6.92 Å². The first kappa shape index (κ1) is 17.7. The van der Waals surface area contributed by atoms with Gasteiger partial charge in [-0.2, -0.15) is 0 Å². The monoisotopic (exact) mass is 330 g/mol. The van der Waals surface area contributed by atoms with Gasteiger partial charge in [0.2, 0.25) is 11.8 Å². The Morgan fingerprint density at radius 2 is 1.96 bits per heavy atom. The number of hydrogen-bond donors (Lipinski definition) is 2. The summed E-state index contributed by atoms with van der Waals surface area (Å²) in [6.45, 7) is 4.56. The van der Waals surface area contributed by atoms with Crippen LogP contribution in [0.2, 0.25) is 0 Å². The van der Waals surface area contributed by atoms with Gasteiger partial charge in [-0.3, -0.25) is 14.5 Å². The normalized spacial score (nSPS) is 10.7. The Kier molecular flexibility index (Phi) is 6.08. The summed E-state index contributed by atoms with van der Waals surface area (Å²) in [5.74, 6) is 0.579. The molecule has 0 spiro atoms. The van der Waals surface area contributed by atoms with Crippen molar-refractivity contribution in [3.05, 3.63) is 47.3 Å². The minimum atomic E-state index is -0.110. The Morgan fingerprint density at radius 1 is 1.25 bits per heavy atom. The molecule has 0 aliphatic carbocycles. The molecule has 0 aliphatic heterocycles. The quantitative estimate of drug-likeness (QED) is 0.807. The van der Waals surface area contributed by atoms with Crippen LogP contribution in [-0.4, -0.2) is 35.5 Å². The molecule has 2 N–H and O–H groups in total. The van der Waals surface area contributed by atoms with Crippen molar-refractivity contribution in [1.82, 2.24) is 15.4 Å². The van der Waals surface area contributed by atoms with Crippen LogP contribution in [-0.2, 0) is 22.7 Å². The molecule has 24 heavy (non-hydrogen) atoms. The highest BCUT2D eigenvalue weighted by Crippen LogP contribution is 2.09. The minimum absolute atomic E-state index is 0.0661. The molecule has 1 heterocycles. The largest absolute Gasteiger partial charge is 0.361 e. The zero-order valence-corrected chi connectivity index (χ0v) is 14.1. The van der Waals surface area contributed by atoms with Crippen molar-refractivity contribution in [1.29, 1.82) is 0 Å². The molecule has 1 aromatic carbocycles. The molecule has 0 radical (unpaired) electrons. The van der Waals surface area contributed by atoms with E-state index in [0.29, 0.717) is 13.1 Å². The fourth-order valence-electron chi connectivity index (χ4n) is 2.24. The third kappa shape index (κ3) is 5.85. The van der Waals surface area contributed by atoms with Crippen LogP contribution in [0.4, 0.5) is 5.69 Å². The van der Waals surface area contributed by atoms with Gasteiger partial charge in [0.15, 0.2) is 0 Å². The average Bonchev–Trinajstić information content (AvgIpc) is 2.91. The lowest BCUT2D eigenvalue weighted by Crippen LogP contribution is -2.34. The molecule has 7 nitrogen and oxygen atoms in total. The number of anilines is 1. The van der Waals surface area contributed by atoms with E-state index in [9.17, 15) is 9.59 Å². The molecule has 0 atom stereocenters. The van der Waals surface area contributed by atoms with Gasteiger partial charge in [0, 0.05) is 31.8 Å². The fraction of sp³-hybridized carbons (Fsp3) is 0.353. The highest BCUT2D eigenvalue weighted by atomic mass is 16.5. The van der Waals surface area contributed by atoms with Crippen LogP contribution in [0, 0.1) is 6.92 Å². The molecule has 1 aromatic heterocycles. The Bertz CT molecular complexity index is 694. The number of aromatic nitrogens is 1. The van der Waals surface area contributed by atoms with Crippen molar-refractivity contribution in [2.75, 3.05) is 18.9 Å². The van der Waals surface area contributed by atoms with Gasteiger partial charge >= 0.3 is 0 Å². The van der Waals surface area contributed by atoms with Gasteiger partial charge in [0.25, 0.3) is 0 Å². The number of rotatable bonds is 7. The number of benzene rings is 1. The summed E-state index contributed by atoms with van der Waals surface area (Å²) >= 11 is 0.